The van der Waals surface area contributed by atoms with E-state index in [0.717, 1.165) is 10.5 Å². The van der Waals surface area contributed by atoms with Gasteiger partial charge in [0.15, 0.2) is 11.0 Å². The van der Waals surface area contributed by atoms with Gasteiger partial charge in [-0.25, -0.2) is 0 Å². The van der Waals surface area contributed by atoms with Crippen LogP contribution in [0.1, 0.15) is 0 Å². The molecular formula is C40H51N9O9SSe. The van der Waals surface area contributed by atoms with Crippen molar-refractivity contribution in [3.63, 3.8) is 0 Å². The van der Waals surface area contributed by atoms with Gasteiger partial charge in [-0.2, -0.15) is 0 Å². The third-order valence-corrected chi connectivity index (χ3v) is 10.5. The van der Waals surface area contributed by atoms with Crippen LogP contribution in [-0.4, -0.2) is 102 Å². The minimum Gasteiger partial charge on any atom is -0.436 e. The molecule has 20 heteroatoms. The molecule has 0 radical (unpaired) electrons. The Morgan fingerprint density at radius 1 is 0.550 bits per heavy atom. The van der Waals surface area contributed by atoms with Crippen molar-refractivity contribution < 1.29 is 18.7 Å². The fourth-order valence-electron chi connectivity index (χ4n) is 4.44. The van der Waals surface area contributed by atoms with Gasteiger partial charge in [-0.05, 0) is 6.58 Å². The topological polar surface area (TPSA) is 181 Å². The van der Waals surface area contributed by atoms with E-state index in [1.807, 2.05) is 11.9 Å². The molecule has 2 saturated heterocycles. The molecule has 0 atom stereocenters. The molecule has 0 N–H and O–H groups in total. The van der Waals surface area contributed by atoms with Gasteiger partial charge >= 0.3 is 60.0 Å². The summed E-state index contributed by atoms with van der Waals surface area (Å²) >= 11 is 3.91. The van der Waals surface area contributed by atoms with Gasteiger partial charge in [0.05, 0.1) is 14.4 Å². The van der Waals surface area contributed by atoms with Crippen molar-refractivity contribution in [3.05, 3.63) is 130 Å². The van der Waals surface area contributed by atoms with Crippen LogP contribution < -0.4 is 69.5 Å². The maximum atomic E-state index is 11.2. The monoisotopic (exact) mass is 913 g/mol. The number of ether oxygens (including phenoxy) is 1. The molecule has 322 valence electrons. The normalized spacial score (nSPS) is 13.1. The number of amides is 2. The minimum absolute atomic E-state index is 0.0209. The Balaban J connectivity index is 0.000000361. The molecule has 2 amide bonds. The maximum Gasteiger partial charge on any atom is 0.295 e. The Morgan fingerprint density at radius 3 is 1.25 bits per heavy atom. The number of oxazole rings is 1. The first-order chi connectivity index (χ1) is 27.4. The van der Waals surface area contributed by atoms with E-state index in [1.165, 1.54) is 44.0 Å². The molecule has 0 unspecified atom stereocenters. The summed E-state index contributed by atoms with van der Waals surface area (Å²) in [5.74, 6) is 0.672. The molecule has 4 aromatic rings. The number of thiazole rings is 1. The van der Waals surface area contributed by atoms with Crippen LogP contribution >= 0.6 is 11.3 Å². The standard InChI is InChI=1S/C8H10N2O2.C8H12N2O.C7H10N2O.C6H7NO2.C6H7NOS.C5H5NO2Se/c1-5-7(11)9(3)6(2)10(4)8(5)12;1-6-5-9(3)7(2)10(4)8(6)11;1-5-7(10)9(4)6(2)8(5)3;2*1-4-6(8)7(3)5(2)9-4;1-3-4(7)6(2)5(9)8-3/h1-2H2,3-4H3;1-2,5H2,3-4H3;1-2H2,3-4H3;2*1-2H2,3H3;1H2,2H3. The first-order valence-corrected chi connectivity index (χ1v) is 18.7. The van der Waals surface area contributed by atoms with Gasteiger partial charge in [0.1, 0.15) is 22.1 Å². The van der Waals surface area contributed by atoms with Crippen LogP contribution in [0.2, 0.25) is 0 Å². The van der Waals surface area contributed by atoms with E-state index in [2.05, 4.69) is 87.9 Å². The third kappa shape index (κ3) is 11.7. The zero-order chi connectivity index (χ0) is 47.0. The molecule has 0 spiro atoms. The molecular weight excluding hydrogens is 862 g/mol. The van der Waals surface area contributed by atoms with Crippen LogP contribution in [0.3, 0.4) is 0 Å². The predicted molar refractivity (Wildman–Crippen MR) is 240 cm³/mol. The average molecular weight is 913 g/mol. The van der Waals surface area contributed by atoms with E-state index >= 15 is 0 Å². The molecule has 60 heavy (non-hydrogen) atoms. The summed E-state index contributed by atoms with van der Waals surface area (Å²) in [4.78, 5) is 81.8. The molecule has 6 heterocycles. The second-order valence-electron chi connectivity index (χ2n) is 12.9. The van der Waals surface area contributed by atoms with E-state index in [4.69, 9.17) is 9.15 Å². The molecule has 18 nitrogen and oxygen atoms in total. The number of aromatic nitrogens is 6. The molecule has 6 rings (SSSR count). The zero-order valence-electron chi connectivity index (χ0n) is 35.5. The van der Waals surface area contributed by atoms with Crippen molar-refractivity contribution in [3.8, 4) is 0 Å². The number of hydrogen-bond acceptors (Lipinski definition) is 11. The van der Waals surface area contributed by atoms with E-state index in [-0.39, 0.29) is 56.0 Å². The fourth-order valence-corrected chi connectivity index (χ4v) is 5.56. The second-order valence-corrected chi connectivity index (χ2v) is 14.8. The Bertz CT molecular complexity index is 2990. The van der Waals surface area contributed by atoms with E-state index in [0.29, 0.717) is 43.2 Å². The van der Waals surface area contributed by atoms with Crippen LogP contribution in [0.4, 0.5) is 0 Å². The van der Waals surface area contributed by atoms with Crippen LogP contribution in [0, 0.1) is 0 Å². The van der Waals surface area contributed by atoms with Gasteiger partial charge in [-0.15, -0.1) is 11.3 Å². The molecule has 2 fully saturated rings. The van der Waals surface area contributed by atoms with Crippen LogP contribution in [-0.2, 0) is 56.6 Å². The van der Waals surface area contributed by atoms with Crippen molar-refractivity contribution in [2.24, 2.45) is 42.3 Å². The molecule has 4 aromatic heterocycles. The number of carbonyl (C=O) groups is 2. The van der Waals surface area contributed by atoms with Gasteiger partial charge < -0.3 is 18.5 Å². The van der Waals surface area contributed by atoms with Crippen molar-refractivity contribution in [2.45, 2.75) is 0 Å². The van der Waals surface area contributed by atoms with Crippen LogP contribution in [0.25, 0.3) is 52.6 Å². The third-order valence-electron chi connectivity index (χ3n) is 8.84. The summed E-state index contributed by atoms with van der Waals surface area (Å²) < 4.78 is 19.9. The average Bonchev–Trinajstić information content (AvgIpc) is 3.74. The smallest absolute Gasteiger partial charge is 0.295 e. The number of carbonyl (C=O) groups excluding carboxylic acids is 2. The Morgan fingerprint density at radius 2 is 1.02 bits per heavy atom. The van der Waals surface area contributed by atoms with Gasteiger partial charge in [-0.3, -0.25) is 51.9 Å². The molecule has 0 aliphatic carbocycles. The summed E-state index contributed by atoms with van der Waals surface area (Å²) in [6.45, 7) is 39.6. The van der Waals surface area contributed by atoms with Crippen molar-refractivity contribution in [1.29, 1.82) is 0 Å². The van der Waals surface area contributed by atoms with E-state index in [1.54, 1.807) is 60.9 Å². The molecule has 0 saturated carbocycles. The summed E-state index contributed by atoms with van der Waals surface area (Å²) in [6, 6.07) is 0. The van der Waals surface area contributed by atoms with Crippen molar-refractivity contribution in [2.75, 3.05) is 27.7 Å². The Hall–Kier alpha value is -6.76. The number of imidazole rings is 1. The van der Waals surface area contributed by atoms with Gasteiger partial charge in [-0.1, -0.05) is 59.2 Å². The Labute approximate surface area is 356 Å². The minimum atomic E-state index is -0.386. The number of nitrogens with zero attached hydrogens (tertiary/aromatic N) is 9. The van der Waals surface area contributed by atoms with Crippen molar-refractivity contribution >= 4 is 96.1 Å². The molecule has 2 aliphatic rings. The summed E-state index contributed by atoms with van der Waals surface area (Å²) in [7, 11) is 15.0. The molecule has 0 bridgehead atoms. The number of rotatable bonds is 0. The fraction of sp³-hybridized carbons (Fsp3) is 0.250. The quantitative estimate of drug-likeness (QED) is 0.122. The number of likely N-dealkylation sites (N-methyl/N-ethyl adjacent to an activating group) is 3. The second kappa shape index (κ2) is 20.8. The van der Waals surface area contributed by atoms with E-state index in [9.17, 15) is 33.6 Å². The molecule has 0 aromatic carbocycles. The van der Waals surface area contributed by atoms with Gasteiger partial charge in [0, 0.05) is 68.5 Å². The van der Waals surface area contributed by atoms with Crippen LogP contribution in [0.15, 0.2) is 65.3 Å². The maximum absolute atomic E-state index is 11.2. The summed E-state index contributed by atoms with van der Waals surface area (Å²) in [6.07, 6.45) is 0. The largest absolute Gasteiger partial charge is 0.436 e. The zero-order valence-corrected chi connectivity index (χ0v) is 38.0. The molecule has 2 aliphatic heterocycles. The number of hydrogen-bond donors (Lipinski definition) is 0. The predicted octanol–water partition coefficient (Wildman–Crippen LogP) is -5.82. The van der Waals surface area contributed by atoms with Crippen molar-refractivity contribution in [1.82, 2.24) is 42.1 Å². The Kier molecular flexibility index (Phi) is 17.8. The first kappa shape index (κ1) is 51.3. The van der Waals surface area contributed by atoms with E-state index < -0.39 is 0 Å². The summed E-state index contributed by atoms with van der Waals surface area (Å²) in [5.41, 5.74) is 1.03. The van der Waals surface area contributed by atoms with Gasteiger partial charge in [0.25, 0.3) is 33.7 Å². The van der Waals surface area contributed by atoms with Crippen LogP contribution in [0.5, 0.6) is 0 Å². The first-order valence-electron chi connectivity index (χ1n) is 17.0. The SMILES string of the molecule is C=C1CN(C)C(=C)N(C)C1=O.C=C1OC(=[Se])N(C)C1=O.C=c1c(=O)n(C)c(=C)n(C)c1=O.C=c1c(=O)n(C)c(=C)n1C.C=c1oc(=C)n(C)c1=O.C=c1sc(=C)n(C)c1=O. The van der Waals surface area contributed by atoms with Gasteiger partial charge in [0.2, 0.25) is 0 Å². The summed E-state index contributed by atoms with van der Waals surface area (Å²) in [5, 5.41) is 0.458.